The maximum atomic E-state index is 9.71. The summed E-state index contributed by atoms with van der Waals surface area (Å²) >= 11 is 0. The zero-order valence-electron chi connectivity index (χ0n) is 24.1. The highest BCUT2D eigenvalue weighted by Gasteiger charge is 2.20. The Bertz CT molecular complexity index is 2200. The van der Waals surface area contributed by atoms with E-state index in [0.717, 1.165) is 43.4 Å². The van der Waals surface area contributed by atoms with Crippen LogP contribution in [0.1, 0.15) is 0 Å². The molecule has 0 amide bonds. The minimum atomic E-state index is -0.0949. The number of fused-ring (bicyclic) bond motifs is 6. The van der Waals surface area contributed by atoms with Gasteiger partial charge in [-0.3, -0.25) is 0 Å². The molecule has 0 spiro atoms. The molecule has 44 heavy (non-hydrogen) atoms. The van der Waals surface area contributed by atoms with Gasteiger partial charge in [0.05, 0.1) is 13.2 Å². The number of aliphatic hydroxyl groups excluding tert-OH is 2. The Labute approximate surface area is 254 Å². The van der Waals surface area contributed by atoms with Crippen LogP contribution in [-0.2, 0) is 0 Å². The van der Waals surface area contributed by atoms with Crippen LogP contribution in [0.15, 0.2) is 121 Å². The predicted molar refractivity (Wildman–Crippen MR) is 182 cm³/mol. The second-order valence-corrected chi connectivity index (χ2v) is 11.3. The molecule has 0 saturated carbocycles. The molecular formula is C40H30O4. The fraction of sp³-hybridized carbons (Fsp3) is 0.100. The Hall–Kier alpha value is -5.16. The lowest BCUT2D eigenvalue weighted by Gasteiger charge is -2.20. The van der Waals surface area contributed by atoms with E-state index in [4.69, 9.17) is 9.47 Å². The van der Waals surface area contributed by atoms with E-state index in [-0.39, 0.29) is 26.4 Å². The summed E-state index contributed by atoms with van der Waals surface area (Å²) in [5.41, 5.74) is 1.81. The summed E-state index contributed by atoms with van der Waals surface area (Å²) in [4.78, 5) is 0. The van der Waals surface area contributed by atoms with E-state index in [1.807, 2.05) is 12.1 Å². The lowest BCUT2D eigenvalue weighted by atomic mass is 9.89. The van der Waals surface area contributed by atoms with Crippen molar-refractivity contribution in [1.82, 2.24) is 0 Å². The van der Waals surface area contributed by atoms with Crippen LogP contribution in [0.4, 0.5) is 0 Å². The van der Waals surface area contributed by atoms with E-state index >= 15 is 0 Å². The summed E-state index contributed by atoms with van der Waals surface area (Å²) in [7, 11) is 0. The molecule has 0 aromatic heterocycles. The van der Waals surface area contributed by atoms with Crippen molar-refractivity contribution in [3.05, 3.63) is 121 Å². The van der Waals surface area contributed by atoms with E-state index in [9.17, 15) is 10.2 Å². The third-order valence-electron chi connectivity index (χ3n) is 8.55. The summed E-state index contributed by atoms with van der Waals surface area (Å²) < 4.78 is 12.5. The highest BCUT2D eigenvalue weighted by atomic mass is 16.5. The zero-order chi connectivity index (χ0) is 29.6. The quantitative estimate of drug-likeness (QED) is 0.187. The molecular weight excluding hydrogens is 544 g/mol. The maximum absolute atomic E-state index is 9.71. The molecule has 0 aliphatic rings. The van der Waals surface area contributed by atoms with Gasteiger partial charge in [-0.1, -0.05) is 60.7 Å². The molecule has 0 bridgehead atoms. The van der Waals surface area contributed by atoms with Gasteiger partial charge in [-0.15, -0.1) is 0 Å². The van der Waals surface area contributed by atoms with Crippen molar-refractivity contribution in [2.45, 2.75) is 0 Å². The van der Waals surface area contributed by atoms with E-state index in [1.54, 1.807) is 0 Å². The van der Waals surface area contributed by atoms with E-state index in [2.05, 4.69) is 109 Å². The maximum Gasteiger partial charge on any atom is 0.128 e. The lowest BCUT2D eigenvalue weighted by molar-refractivity contribution is 0.200. The van der Waals surface area contributed by atoms with Crippen LogP contribution in [0.3, 0.4) is 0 Å². The smallest absolute Gasteiger partial charge is 0.128 e. The fourth-order valence-electron chi connectivity index (χ4n) is 6.56. The van der Waals surface area contributed by atoms with Crippen molar-refractivity contribution in [2.24, 2.45) is 0 Å². The summed E-state index contributed by atoms with van der Waals surface area (Å²) in [5, 5.41) is 33.0. The van der Waals surface area contributed by atoms with Gasteiger partial charge in [0.25, 0.3) is 0 Å². The van der Waals surface area contributed by atoms with Gasteiger partial charge in [-0.05, 0) is 125 Å². The molecule has 0 radical (unpaired) electrons. The van der Waals surface area contributed by atoms with Crippen molar-refractivity contribution >= 4 is 64.6 Å². The fourth-order valence-corrected chi connectivity index (χ4v) is 6.56. The summed E-state index contributed by atoms with van der Waals surface area (Å²) in [6.45, 7) is 0.150. The molecule has 0 saturated heterocycles. The largest absolute Gasteiger partial charge is 0.491 e. The number of ether oxygens (including phenoxy) is 2. The molecule has 0 fully saturated rings. The molecule has 0 aliphatic carbocycles. The minimum Gasteiger partial charge on any atom is -0.491 e. The first kappa shape index (κ1) is 26.5. The Morgan fingerprint density at radius 1 is 0.364 bits per heavy atom. The van der Waals surface area contributed by atoms with Crippen molar-refractivity contribution in [3.63, 3.8) is 0 Å². The van der Waals surface area contributed by atoms with Crippen molar-refractivity contribution in [3.8, 4) is 22.6 Å². The monoisotopic (exact) mass is 574 g/mol. The molecule has 214 valence electrons. The molecule has 0 aliphatic heterocycles. The average molecular weight is 575 g/mol. The second-order valence-electron chi connectivity index (χ2n) is 11.3. The highest BCUT2D eigenvalue weighted by Crippen LogP contribution is 2.47. The SMILES string of the molecule is OCCOc1ccc2cc3cc4ccccc4cc3cc2c1-c1c(OCCO)ccc2cc3cc4ccccc4cc3cc12. The summed E-state index contributed by atoms with van der Waals surface area (Å²) in [6.07, 6.45) is 0. The van der Waals surface area contributed by atoms with Gasteiger partial charge in [0, 0.05) is 11.1 Å². The normalized spacial score (nSPS) is 11.8. The third kappa shape index (κ3) is 4.47. The first-order valence-corrected chi connectivity index (χ1v) is 15.0. The molecule has 4 nitrogen and oxygen atoms in total. The number of benzene rings is 8. The number of hydrogen-bond donors (Lipinski definition) is 2. The van der Waals surface area contributed by atoms with Crippen LogP contribution in [0.25, 0.3) is 75.8 Å². The van der Waals surface area contributed by atoms with Crippen molar-refractivity contribution in [1.29, 1.82) is 0 Å². The van der Waals surface area contributed by atoms with Crippen LogP contribution in [0, 0.1) is 0 Å². The Kier molecular flexibility index (Phi) is 6.52. The lowest BCUT2D eigenvalue weighted by Crippen LogP contribution is -2.05. The van der Waals surface area contributed by atoms with Crippen LogP contribution in [-0.4, -0.2) is 36.6 Å². The number of aliphatic hydroxyl groups is 2. The Balaban J connectivity index is 1.48. The van der Waals surface area contributed by atoms with Gasteiger partial charge in [-0.25, -0.2) is 0 Å². The van der Waals surface area contributed by atoms with E-state index in [0.29, 0.717) is 11.5 Å². The molecule has 8 rings (SSSR count). The average Bonchev–Trinajstić information content (AvgIpc) is 3.05. The van der Waals surface area contributed by atoms with Crippen molar-refractivity contribution in [2.75, 3.05) is 26.4 Å². The second kappa shape index (κ2) is 10.8. The molecule has 0 unspecified atom stereocenters. The third-order valence-corrected chi connectivity index (χ3v) is 8.55. The van der Waals surface area contributed by atoms with Gasteiger partial charge >= 0.3 is 0 Å². The molecule has 0 heterocycles. The van der Waals surface area contributed by atoms with Crippen LogP contribution < -0.4 is 9.47 Å². The predicted octanol–water partition coefficient (Wildman–Crippen LogP) is 9.01. The van der Waals surface area contributed by atoms with Gasteiger partial charge in [0.15, 0.2) is 0 Å². The van der Waals surface area contributed by atoms with Gasteiger partial charge in [-0.2, -0.15) is 0 Å². The molecule has 2 N–H and O–H groups in total. The molecule has 0 atom stereocenters. The number of rotatable bonds is 7. The molecule has 8 aromatic rings. The molecule has 8 aromatic carbocycles. The van der Waals surface area contributed by atoms with Crippen LogP contribution in [0.2, 0.25) is 0 Å². The standard InChI is InChI=1S/C40H30O4/c41-13-15-43-37-11-9-29-21-31-17-25-5-1-3-7-27(25)19-33(31)23-35(29)39(37)40-36-24-34-20-28-8-4-2-6-26(28)18-32(34)22-30(36)10-12-38(40)44-16-14-42/h1-12,17-24,41-42H,13-16H2. The van der Waals surface area contributed by atoms with Gasteiger partial charge in [0.2, 0.25) is 0 Å². The minimum absolute atomic E-state index is 0.0949. The first-order valence-electron chi connectivity index (χ1n) is 15.0. The van der Waals surface area contributed by atoms with Gasteiger partial charge in [0.1, 0.15) is 24.7 Å². The zero-order valence-corrected chi connectivity index (χ0v) is 24.1. The Morgan fingerprint density at radius 3 is 1.07 bits per heavy atom. The van der Waals surface area contributed by atoms with Gasteiger partial charge < -0.3 is 19.7 Å². The van der Waals surface area contributed by atoms with E-state index in [1.165, 1.54) is 32.3 Å². The topological polar surface area (TPSA) is 58.9 Å². The van der Waals surface area contributed by atoms with Crippen LogP contribution in [0.5, 0.6) is 11.5 Å². The number of hydrogen-bond acceptors (Lipinski definition) is 4. The van der Waals surface area contributed by atoms with Crippen LogP contribution >= 0.6 is 0 Å². The molecule has 4 heteroatoms. The summed E-state index contributed by atoms with van der Waals surface area (Å²) in [6, 6.07) is 42.9. The highest BCUT2D eigenvalue weighted by molar-refractivity contribution is 6.16. The summed E-state index contributed by atoms with van der Waals surface area (Å²) in [5.74, 6) is 1.35. The van der Waals surface area contributed by atoms with Crippen molar-refractivity contribution < 1.29 is 19.7 Å². The first-order chi connectivity index (χ1) is 21.7. The Morgan fingerprint density at radius 2 is 0.705 bits per heavy atom. The van der Waals surface area contributed by atoms with E-state index < -0.39 is 0 Å².